The van der Waals surface area contributed by atoms with E-state index >= 15 is 0 Å². The molecule has 2 unspecified atom stereocenters. The van der Waals surface area contributed by atoms with Crippen LogP contribution in [0.2, 0.25) is 0 Å². The van der Waals surface area contributed by atoms with Gasteiger partial charge in [0.1, 0.15) is 19.3 Å². The SMILES string of the molecule is CC/C=C\C/C=C\C/C=C\C/C=C\C/C=C\CCCCCC(=O)OC[C@H](COP(=O)(O)OC[C@@H](O)COP(=O)(O)OC[C@@H](COC(=O)CCCCCCCCCCCCCCC)OC(=O)CCCCC/C=C\C/C=C\C/C=C\C/C=C\C/C=C\CC)OC(=O)CCCCCCC/C=C\CCCCCC. The quantitative estimate of drug-likeness (QED) is 0.0169. The minimum absolute atomic E-state index is 0.0542. The summed E-state index contributed by atoms with van der Waals surface area (Å²) in [5.74, 6) is -2.25. The van der Waals surface area contributed by atoms with E-state index in [1.165, 1.54) is 83.5 Å². The number of phosphoric ester groups is 2. The van der Waals surface area contributed by atoms with Crippen LogP contribution in [0.4, 0.5) is 0 Å². The van der Waals surface area contributed by atoms with Gasteiger partial charge in [0.15, 0.2) is 12.2 Å². The molecule has 0 saturated heterocycles. The summed E-state index contributed by atoms with van der Waals surface area (Å²) in [6.45, 7) is 4.57. The first kappa shape index (κ1) is 99.2. The number of esters is 4. The molecule has 3 N–H and O–H groups in total. The van der Waals surface area contributed by atoms with Gasteiger partial charge in [-0.1, -0.05) is 290 Å². The van der Waals surface area contributed by atoms with Crippen LogP contribution in [-0.4, -0.2) is 96.7 Å². The number of carbonyl (C=O) groups is 4. The molecular formula is C85H144O17P2. The maximum atomic E-state index is 13.1. The van der Waals surface area contributed by atoms with Crippen LogP contribution in [0.3, 0.4) is 0 Å². The van der Waals surface area contributed by atoms with E-state index < -0.39 is 97.5 Å². The highest BCUT2D eigenvalue weighted by atomic mass is 31.2. The van der Waals surface area contributed by atoms with Gasteiger partial charge in [0.05, 0.1) is 26.4 Å². The fraction of sp³-hybridized carbons (Fsp3) is 0.694. The van der Waals surface area contributed by atoms with Crippen molar-refractivity contribution in [2.75, 3.05) is 39.6 Å². The summed E-state index contributed by atoms with van der Waals surface area (Å²) in [6, 6.07) is 0. The van der Waals surface area contributed by atoms with Crippen molar-refractivity contribution in [2.24, 2.45) is 0 Å². The lowest BCUT2D eigenvalue weighted by Crippen LogP contribution is -2.30. The van der Waals surface area contributed by atoms with Gasteiger partial charge in [-0.25, -0.2) is 9.13 Å². The lowest BCUT2D eigenvalue weighted by atomic mass is 10.0. The van der Waals surface area contributed by atoms with Crippen molar-refractivity contribution in [3.05, 3.63) is 134 Å². The van der Waals surface area contributed by atoms with Crippen molar-refractivity contribution in [1.29, 1.82) is 0 Å². The zero-order valence-corrected chi connectivity index (χ0v) is 66.9. The molecule has 0 aliphatic heterocycles. The van der Waals surface area contributed by atoms with Crippen LogP contribution in [0.1, 0.15) is 323 Å². The highest BCUT2D eigenvalue weighted by Gasteiger charge is 2.30. The second-order valence-electron chi connectivity index (χ2n) is 26.6. The Morgan fingerprint density at radius 3 is 0.798 bits per heavy atom. The first-order valence-electron chi connectivity index (χ1n) is 40.4. The van der Waals surface area contributed by atoms with E-state index in [1.54, 1.807) is 0 Å². The molecule has 0 saturated carbocycles. The van der Waals surface area contributed by atoms with Gasteiger partial charge in [0, 0.05) is 25.7 Å². The number of hydrogen-bond donors (Lipinski definition) is 3. The maximum Gasteiger partial charge on any atom is 0.472 e. The molecule has 0 aromatic rings. The van der Waals surface area contributed by atoms with Gasteiger partial charge in [-0.05, 0) is 141 Å². The Labute approximate surface area is 631 Å². The molecular weight excluding hydrogens is 1350 g/mol. The standard InChI is InChI=1S/C85H144O17P2/c1-5-9-13-17-21-25-29-33-35-37-39-41-43-47-50-54-58-62-66-70-83(88)96-76-80(101-84(89)71-67-63-59-55-51-46-32-28-24-20-16-12-8-4)77-99-103(91,92)97-73-79(86)74-98-104(93,94)100-78-81(75-95-82(87)69-65-61-57-53-49-45-31-27-23-19-15-11-7-3)102-85(90)72-68-64-60-56-52-48-44-42-40-38-36-34-30-26-22-18-14-10-6-2/h9-10,13-14,21-22,25-26,28,32-36,39-42,47-48,50,52,79-81,86H,5-8,11-12,15-20,23-24,27,29-31,37-38,43-46,49,51,53-78H2,1-4H3,(H,91,92)(H,93,94)/b13-9-,14-10-,25-21-,26-22-,32-28-,35-33-,36-34-,41-39-,42-40-,50-47-,52-48-/t79-,80-,81-/m1/s1. The van der Waals surface area contributed by atoms with Gasteiger partial charge < -0.3 is 33.8 Å². The molecule has 0 spiro atoms. The molecule has 596 valence electrons. The summed E-state index contributed by atoms with van der Waals surface area (Å²) in [6.07, 6.45) is 85.7. The molecule has 0 aliphatic rings. The highest BCUT2D eigenvalue weighted by Crippen LogP contribution is 2.45. The predicted molar refractivity (Wildman–Crippen MR) is 427 cm³/mol. The minimum Gasteiger partial charge on any atom is -0.462 e. The summed E-state index contributed by atoms with van der Waals surface area (Å²) in [5, 5.41) is 10.6. The summed E-state index contributed by atoms with van der Waals surface area (Å²) in [7, 11) is -9.98. The largest absolute Gasteiger partial charge is 0.472 e. The lowest BCUT2D eigenvalue weighted by Gasteiger charge is -2.21. The highest BCUT2D eigenvalue weighted by molar-refractivity contribution is 7.47. The summed E-state index contributed by atoms with van der Waals surface area (Å²) >= 11 is 0. The topological polar surface area (TPSA) is 237 Å². The number of allylic oxidation sites excluding steroid dienone is 22. The van der Waals surface area contributed by atoms with Crippen LogP contribution in [0, 0.1) is 0 Å². The van der Waals surface area contributed by atoms with Gasteiger partial charge in [0.25, 0.3) is 0 Å². The molecule has 5 atom stereocenters. The van der Waals surface area contributed by atoms with Crippen molar-refractivity contribution < 1.29 is 80.2 Å². The van der Waals surface area contributed by atoms with E-state index in [4.69, 9.17) is 37.0 Å². The Morgan fingerprint density at radius 2 is 0.500 bits per heavy atom. The van der Waals surface area contributed by atoms with E-state index in [9.17, 15) is 43.2 Å². The molecule has 0 amide bonds. The smallest absolute Gasteiger partial charge is 0.462 e. The predicted octanol–water partition coefficient (Wildman–Crippen LogP) is 23.7. The number of unbranched alkanes of at least 4 members (excludes halogenated alkanes) is 27. The van der Waals surface area contributed by atoms with E-state index in [-0.39, 0.29) is 25.7 Å². The number of ether oxygens (including phenoxy) is 4. The summed E-state index contributed by atoms with van der Waals surface area (Å²) in [4.78, 5) is 73.0. The third-order valence-electron chi connectivity index (χ3n) is 16.6. The molecule has 19 heteroatoms. The van der Waals surface area contributed by atoms with Gasteiger partial charge in [-0.3, -0.25) is 37.3 Å². The normalized spacial score (nSPS) is 14.6. The fourth-order valence-electron chi connectivity index (χ4n) is 10.5. The van der Waals surface area contributed by atoms with Crippen molar-refractivity contribution in [1.82, 2.24) is 0 Å². The Bertz CT molecular complexity index is 2490. The second-order valence-corrected chi connectivity index (χ2v) is 29.5. The van der Waals surface area contributed by atoms with Crippen LogP contribution < -0.4 is 0 Å². The molecule has 0 rings (SSSR count). The zero-order chi connectivity index (χ0) is 76.0. The van der Waals surface area contributed by atoms with Crippen LogP contribution >= 0.6 is 15.6 Å². The van der Waals surface area contributed by atoms with E-state index in [0.29, 0.717) is 25.7 Å². The van der Waals surface area contributed by atoms with Crippen molar-refractivity contribution >= 4 is 39.5 Å². The minimum atomic E-state index is -4.99. The molecule has 0 bridgehead atoms. The van der Waals surface area contributed by atoms with Crippen LogP contribution in [-0.2, 0) is 65.4 Å². The zero-order valence-electron chi connectivity index (χ0n) is 65.2. The maximum absolute atomic E-state index is 13.1. The number of aliphatic hydroxyl groups excluding tert-OH is 1. The van der Waals surface area contributed by atoms with Crippen LogP contribution in [0.25, 0.3) is 0 Å². The monoisotopic (exact) mass is 1500 g/mol. The van der Waals surface area contributed by atoms with E-state index in [0.717, 1.165) is 161 Å². The molecule has 17 nitrogen and oxygen atoms in total. The molecule has 104 heavy (non-hydrogen) atoms. The van der Waals surface area contributed by atoms with Crippen molar-refractivity contribution in [3.8, 4) is 0 Å². The van der Waals surface area contributed by atoms with Crippen LogP contribution in [0.15, 0.2) is 134 Å². The van der Waals surface area contributed by atoms with Gasteiger partial charge in [-0.2, -0.15) is 0 Å². The van der Waals surface area contributed by atoms with E-state index in [2.05, 4.69) is 161 Å². The average molecular weight is 1500 g/mol. The van der Waals surface area contributed by atoms with Crippen molar-refractivity contribution in [3.63, 3.8) is 0 Å². The number of carbonyl (C=O) groups excluding carboxylic acids is 4. The summed E-state index contributed by atoms with van der Waals surface area (Å²) in [5.41, 5.74) is 0. The molecule has 0 aromatic heterocycles. The van der Waals surface area contributed by atoms with Gasteiger partial charge in [0.2, 0.25) is 0 Å². The Hall–Kier alpha value is -4.80. The Morgan fingerprint density at radius 1 is 0.279 bits per heavy atom. The number of rotatable bonds is 75. The molecule has 0 fully saturated rings. The van der Waals surface area contributed by atoms with Gasteiger partial charge >= 0.3 is 39.5 Å². The first-order chi connectivity index (χ1) is 50.7. The molecule has 0 aliphatic carbocycles. The molecule has 0 heterocycles. The lowest BCUT2D eigenvalue weighted by molar-refractivity contribution is -0.161. The third-order valence-corrected chi connectivity index (χ3v) is 18.5. The number of aliphatic hydroxyl groups is 1. The Kier molecular flexibility index (Phi) is 72.9. The summed E-state index contributed by atoms with van der Waals surface area (Å²) < 4.78 is 68.6. The van der Waals surface area contributed by atoms with Crippen LogP contribution in [0.5, 0.6) is 0 Å². The first-order valence-corrected chi connectivity index (χ1v) is 43.4. The molecule has 0 aromatic carbocycles. The molecule has 0 radical (unpaired) electrons. The van der Waals surface area contributed by atoms with E-state index in [1.807, 2.05) is 0 Å². The fourth-order valence-corrected chi connectivity index (χ4v) is 12.1. The number of hydrogen-bond acceptors (Lipinski definition) is 15. The van der Waals surface area contributed by atoms with Crippen molar-refractivity contribution in [2.45, 2.75) is 341 Å². The third kappa shape index (κ3) is 75.4. The second kappa shape index (κ2) is 76.4. The number of phosphoric acid groups is 2. The average Bonchev–Trinajstić information content (AvgIpc) is 0.926. The van der Waals surface area contributed by atoms with Gasteiger partial charge in [-0.15, -0.1) is 0 Å². The Balaban J connectivity index is 5.41.